The molecule has 1 aliphatic heterocycles. The molecule has 0 saturated heterocycles. The van der Waals surface area contributed by atoms with Crippen LogP contribution in [0.25, 0.3) is 16.8 Å². The predicted octanol–water partition coefficient (Wildman–Crippen LogP) is 8.71. The van der Waals surface area contributed by atoms with Gasteiger partial charge in [-0.25, -0.2) is 22.9 Å². The number of pyridine rings is 1. The molecule has 2 aromatic carbocycles. The summed E-state index contributed by atoms with van der Waals surface area (Å²) >= 11 is 0. The van der Waals surface area contributed by atoms with Crippen molar-refractivity contribution in [1.82, 2.24) is 9.88 Å². The average Bonchev–Trinajstić information content (AvgIpc) is 3.04. The molecule has 9 heteroatoms. The van der Waals surface area contributed by atoms with Crippen molar-refractivity contribution in [1.29, 1.82) is 0 Å². The van der Waals surface area contributed by atoms with Crippen LogP contribution in [0.2, 0.25) is 0 Å². The summed E-state index contributed by atoms with van der Waals surface area (Å²) in [6.07, 6.45) is 11.3. The Balaban J connectivity index is 1.22. The van der Waals surface area contributed by atoms with Crippen LogP contribution in [0.4, 0.5) is 18.0 Å². The molecule has 6 nitrogen and oxygen atoms in total. The number of nitrogens with zero attached hydrogens (tertiary/aromatic N) is 2. The second-order valence-electron chi connectivity index (χ2n) is 12.9. The Bertz CT molecular complexity index is 1680. The monoisotopic (exact) mass is 646 g/mol. The molecule has 0 fully saturated rings. The second-order valence-corrected chi connectivity index (χ2v) is 12.9. The van der Waals surface area contributed by atoms with E-state index in [1.165, 1.54) is 18.2 Å². The average molecular weight is 647 g/mol. The molecule has 0 spiro atoms. The first-order valence-electron chi connectivity index (χ1n) is 15.9. The Kier molecular flexibility index (Phi) is 10.9. The van der Waals surface area contributed by atoms with Crippen molar-refractivity contribution in [2.24, 2.45) is 11.8 Å². The molecule has 3 aromatic rings. The minimum atomic E-state index is -0.581. The maximum Gasteiger partial charge on any atom is 0.410 e. The van der Waals surface area contributed by atoms with Crippen molar-refractivity contribution in [2.45, 2.75) is 52.2 Å². The molecule has 1 aliphatic carbocycles. The first-order chi connectivity index (χ1) is 22.5. The van der Waals surface area contributed by atoms with Gasteiger partial charge in [0, 0.05) is 44.0 Å². The van der Waals surface area contributed by atoms with Gasteiger partial charge in [0.2, 0.25) is 5.88 Å². The fourth-order valence-corrected chi connectivity index (χ4v) is 5.76. The Morgan fingerprint density at radius 1 is 0.957 bits per heavy atom. The van der Waals surface area contributed by atoms with Crippen LogP contribution in [0, 0.1) is 29.3 Å². The quantitative estimate of drug-likeness (QED) is 0.221. The topological polar surface area (TPSA) is 60.9 Å². The van der Waals surface area contributed by atoms with Gasteiger partial charge in [0.25, 0.3) is 0 Å². The zero-order valence-electron chi connectivity index (χ0n) is 27.3. The molecule has 2 heterocycles. The van der Waals surface area contributed by atoms with E-state index in [1.54, 1.807) is 36.3 Å². The molecule has 2 atom stereocenters. The van der Waals surface area contributed by atoms with Crippen molar-refractivity contribution in [3.8, 4) is 17.1 Å². The summed E-state index contributed by atoms with van der Waals surface area (Å²) < 4.78 is 62.2. The largest absolute Gasteiger partial charge is 0.473 e. The molecule has 0 bridgehead atoms. The van der Waals surface area contributed by atoms with Crippen molar-refractivity contribution in [3.63, 3.8) is 0 Å². The lowest BCUT2D eigenvalue weighted by Crippen LogP contribution is -2.39. The number of halogens is 3. The van der Waals surface area contributed by atoms with Gasteiger partial charge >= 0.3 is 6.09 Å². The lowest BCUT2D eigenvalue weighted by molar-refractivity contribution is 0.0270. The van der Waals surface area contributed by atoms with Crippen molar-refractivity contribution in [3.05, 3.63) is 113 Å². The van der Waals surface area contributed by atoms with E-state index in [4.69, 9.17) is 14.2 Å². The standard InChI is InChI=1S/C38H41F3N2O4/c1-38(2,3)47-37(44)43-17-14-26(15-18-43)28-12-13-29(32(39)21-28)24-46-36-11-7-10-35(42-36)31-23-33(40)30(22-34(31)41)20-27-9-6-5-8-25(27)16-19-45-4/h5-14,21-23,25,27H,15-20,24H2,1-4H3. The van der Waals surface area contributed by atoms with Crippen LogP contribution in [0.3, 0.4) is 0 Å². The smallest absolute Gasteiger partial charge is 0.410 e. The summed E-state index contributed by atoms with van der Waals surface area (Å²) in [7, 11) is 1.65. The van der Waals surface area contributed by atoms with Crippen molar-refractivity contribution in [2.75, 3.05) is 26.8 Å². The molecule has 0 radical (unpaired) electrons. The minimum Gasteiger partial charge on any atom is -0.473 e. The molecule has 5 rings (SSSR count). The number of hydrogen-bond acceptors (Lipinski definition) is 5. The van der Waals surface area contributed by atoms with E-state index in [9.17, 15) is 4.79 Å². The summed E-state index contributed by atoms with van der Waals surface area (Å²) in [4.78, 5) is 18.3. The lowest BCUT2D eigenvalue weighted by Gasteiger charge is -2.29. The summed E-state index contributed by atoms with van der Waals surface area (Å²) in [5.41, 5.74) is 1.97. The molecule has 1 aromatic heterocycles. The number of benzene rings is 2. The molecule has 47 heavy (non-hydrogen) atoms. The van der Waals surface area contributed by atoms with Gasteiger partial charge in [0.15, 0.2) is 0 Å². The third-order valence-corrected chi connectivity index (χ3v) is 8.28. The maximum atomic E-state index is 15.3. The van der Waals surface area contributed by atoms with Crippen LogP contribution in [0.5, 0.6) is 5.88 Å². The number of carbonyl (C=O) groups excluding carboxylic acids is 1. The van der Waals surface area contributed by atoms with Gasteiger partial charge in [-0.15, -0.1) is 0 Å². The molecule has 2 unspecified atom stereocenters. The van der Waals surface area contributed by atoms with Crippen LogP contribution < -0.4 is 4.74 Å². The van der Waals surface area contributed by atoms with E-state index in [2.05, 4.69) is 11.1 Å². The van der Waals surface area contributed by atoms with Gasteiger partial charge < -0.3 is 19.1 Å². The fraction of sp³-hybridized carbons (Fsp3) is 0.368. The van der Waals surface area contributed by atoms with Gasteiger partial charge in [-0.1, -0.05) is 48.6 Å². The number of aromatic nitrogens is 1. The molecule has 2 aliphatic rings. The number of hydrogen-bond donors (Lipinski definition) is 0. The highest BCUT2D eigenvalue weighted by atomic mass is 19.1. The van der Waals surface area contributed by atoms with Crippen molar-refractivity contribution >= 4 is 11.7 Å². The first kappa shape index (κ1) is 34.0. The van der Waals surface area contributed by atoms with E-state index in [0.29, 0.717) is 43.7 Å². The van der Waals surface area contributed by atoms with Crippen LogP contribution in [0.15, 0.2) is 78.9 Å². The molecule has 0 saturated carbocycles. The van der Waals surface area contributed by atoms with E-state index in [1.807, 2.05) is 51.1 Å². The summed E-state index contributed by atoms with van der Waals surface area (Å²) in [6, 6.07) is 12.2. The van der Waals surface area contributed by atoms with E-state index >= 15 is 13.2 Å². The van der Waals surface area contributed by atoms with Gasteiger partial charge in [0.1, 0.15) is 29.7 Å². The lowest BCUT2D eigenvalue weighted by atomic mass is 9.82. The summed E-state index contributed by atoms with van der Waals surface area (Å²) in [5.74, 6) is -1.15. The molecular formula is C38H41F3N2O4. The maximum absolute atomic E-state index is 15.3. The van der Waals surface area contributed by atoms with Gasteiger partial charge in [-0.05, 0) is 92.8 Å². The Morgan fingerprint density at radius 3 is 2.43 bits per heavy atom. The van der Waals surface area contributed by atoms with E-state index < -0.39 is 23.1 Å². The number of ether oxygens (including phenoxy) is 3. The minimum absolute atomic E-state index is 0.0215. The molecule has 0 N–H and O–H groups in total. The third-order valence-electron chi connectivity index (χ3n) is 8.28. The number of amides is 1. The number of carbonyl (C=O) groups is 1. The predicted molar refractivity (Wildman–Crippen MR) is 176 cm³/mol. The highest BCUT2D eigenvalue weighted by Crippen LogP contribution is 2.31. The number of allylic oxidation sites excluding steroid dienone is 4. The summed E-state index contributed by atoms with van der Waals surface area (Å²) in [5, 5.41) is 0. The molecule has 1 amide bonds. The zero-order chi connectivity index (χ0) is 33.6. The van der Waals surface area contributed by atoms with Crippen molar-refractivity contribution < 1.29 is 32.2 Å². The Hall–Kier alpha value is -4.37. The SMILES string of the molecule is COCCC1C=CC=CC1Cc1cc(F)c(-c2cccc(OCc3ccc(C4=CCN(C(=O)OC(C)(C)C)CC4)cc3F)n2)cc1F. The van der Waals surface area contributed by atoms with Gasteiger partial charge in [-0.2, -0.15) is 0 Å². The van der Waals surface area contributed by atoms with Crippen LogP contribution >= 0.6 is 0 Å². The highest BCUT2D eigenvalue weighted by molar-refractivity contribution is 5.73. The molecular weight excluding hydrogens is 605 g/mol. The van der Waals surface area contributed by atoms with Crippen LogP contribution in [-0.2, 0) is 22.5 Å². The number of rotatable bonds is 10. The van der Waals surface area contributed by atoms with E-state index in [-0.39, 0.29) is 41.7 Å². The zero-order valence-corrected chi connectivity index (χ0v) is 27.3. The third kappa shape index (κ3) is 8.92. The second kappa shape index (κ2) is 15.0. The first-order valence-corrected chi connectivity index (χ1v) is 15.9. The Labute approximate surface area is 274 Å². The number of methoxy groups -OCH3 is 1. The summed E-state index contributed by atoms with van der Waals surface area (Å²) in [6.45, 7) is 6.83. The van der Waals surface area contributed by atoms with Gasteiger partial charge in [-0.3, -0.25) is 0 Å². The highest BCUT2D eigenvalue weighted by Gasteiger charge is 2.25. The fourth-order valence-electron chi connectivity index (χ4n) is 5.76. The molecule has 248 valence electrons. The Morgan fingerprint density at radius 2 is 1.72 bits per heavy atom. The van der Waals surface area contributed by atoms with Gasteiger partial charge in [0.05, 0.1) is 5.69 Å². The van der Waals surface area contributed by atoms with Crippen LogP contribution in [0.1, 0.15) is 50.3 Å². The van der Waals surface area contributed by atoms with E-state index in [0.717, 1.165) is 17.6 Å². The normalized spacial score (nSPS) is 17.9. The van der Waals surface area contributed by atoms with Crippen LogP contribution in [-0.4, -0.2) is 48.4 Å².